The van der Waals surface area contributed by atoms with Gasteiger partial charge >= 0.3 is 0 Å². The standard InChI is InChI=1S/C15H12FIN4O3S/c16-10-5-9(17)1-2-11(10)20-12-13(15(23)21-24-4-3-22)18-6-8-7-19-25-14(8)12/h1-2,5-7,20,22H,3-4H2,(H,21,23). The van der Waals surface area contributed by atoms with E-state index >= 15 is 0 Å². The number of aromatic nitrogens is 2. The average Bonchev–Trinajstić information content (AvgIpc) is 3.06. The average molecular weight is 474 g/mol. The molecule has 3 N–H and O–H groups in total. The zero-order valence-electron chi connectivity index (χ0n) is 12.6. The lowest BCUT2D eigenvalue weighted by Crippen LogP contribution is -2.26. The van der Waals surface area contributed by atoms with Gasteiger partial charge in [-0.15, -0.1) is 0 Å². The van der Waals surface area contributed by atoms with E-state index in [1.165, 1.54) is 12.3 Å². The number of benzene rings is 1. The van der Waals surface area contributed by atoms with Crippen LogP contribution in [0.15, 0.2) is 30.6 Å². The fourth-order valence-corrected chi connectivity index (χ4v) is 3.23. The lowest BCUT2D eigenvalue weighted by Gasteiger charge is -2.13. The van der Waals surface area contributed by atoms with Crippen LogP contribution in [0.2, 0.25) is 0 Å². The number of aliphatic hydroxyl groups is 1. The van der Waals surface area contributed by atoms with Crippen LogP contribution in [0.3, 0.4) is 0 Å². The zero-order chi connectivity index (χ0) is 17.8. The summed E-state index contributed by atoms with van der Waals surface area (Å²) in [6.07, 6.45) is 3.13. The van der Waals surface area contributed by atoms with E-state index in [1.807, 2.05) is 22.6 Å². The summed E-state index contributed by atoms with van der Waals surface area (Å²) in [5.41, 5.74) is 2.78. The van der Waals surface area contributed by atoms with E-state index in [9.17, 15) is 9.18 Å². The summed E-state index contributed by atoms with van der Waals surface area (Å²) in [5.74, 6) is -1.06. The lowest BCUT2D eigenvalue weighted by molar-refractivity contribution is 0.0165. The molecule has 0 fully saturated rings. The molecule has 1 amide bonds. The van der Waals surface area contributed by atoms with E-state index in [4.69, 9.17) is 9.94 Å². The van der Waals surface area contributed by atoms with Crippen molar-refractivity contribution in [1.29, 1.82) is 0 Å². The van der Waals surface area contributed by atoms with Crippen molar-refractivity contribution in [2.24, 2.45) is 0 Å². The highest BCUT2D eigenvalue weighted by atomic mass is 127. The predicted molar refractivity (Wildman–Crippen MR) is 100 cm³/mol. The second-order valence-corrected chi connectivity index (χ2v) is 6.89. The van der Waals surface area contributed by atoms with Gasteiger partial charge in [-0.1, -0.05) is 0 Å². The van der Waals surface area contributed by atoms with Crippen molar-refractivity contribution in [3.63, 3.8) is 0 Å². The number of nitrogens with zero attached hydrogens (tertiary/aromatic N) is 2. The number of amides is 1. The molecule has 0 unspecified atom stereocenters. The number of anilines is 2. The SMILES string of the molecule is O=C(NOCCO)c1ncc2cnsc2c1Nc1ccc(I)cc1F. The Morgan fingerprint density at radius 1 is 1.40 bits per heavy atom. The van der Waals surface area contributed by atoms with Crippen molar-refractivity contribution in [3.05, 3.63) is 45.7 Å². The van der Waals surface area contributed by atoms with Crippen LogP contribution in [0, 0.1) is 9.39 Å². The van der Waals surface area contributed by atoms with Gasteiger partial charge in [0.2, 0.25) is 0 Å². The van der Waals surface area contributed by atoms with Crippen molar-refractivity contribution in [1.82, 2.24) is 14.8 Å². The highest BCUT2D eigenvalue weighted by Gasteiger charge is 2.19. The number of hydrogen-bond acceptors (Lipinski definition) is 7. The fourth-order valence-electron chi connectivity index (χ4n) is 2.06. The Morgan fingerprint density at radius 3 is 3.00 bits per heavy atom. The highest BCUT2D eigenvalue weighted by molar-refractivity contribution is 14.1. The second kappa shape index (κ2) is 7.99. The first-order valence-corrected chi connectivity index (χ1v) is 8.94. The molecule has 0 saturated heterocycles. The van der Waals surface area contributed by atoms with E-state index < -0.39 is 11.7 Å². The van der Waals surface area contributed by atoms with Gasteiger partial charge in [0, 0.05) is 15.2 Å². The van der Waals surface area contributed by atoms with Crippen LogP contribution in [0.1, 0.15) is 10.5 Å². The lowest BCUT2D eigenvalue weighted by atomic mass is 10.2. The molecule has 0 aliphatic rings. The van der Waals surface area contributed by atoms with Crippen molar-refractivity contribution in [2.45, 2.75) is 0 Å². The van der Waals surface area contributed by atoms with Crippen molar-refractivity contribution >= 4 is 61.5 Å². The van der Waals surface area contributed by atoms with Crippen molar-refractivity contribution < 1.29 is 19.1 Å². The van der Waals surface area contributed by atoms with Crippen LogP contribution in [-0.2, 0) is 4.84 Å². The molecule has 2 heterocycles. The first-order valence-electron chi connectivity index (χ1n) is 7.08. The zero-order valence-corrected chi connectivity index (χ0v) is 15.6. The van der Waals surface area contributed by atoms with Crippen LogP contribution < -0.4 is 10.8 Å². The molecular formula is C15H12FIN4O3S. The maximum Gasteiger partial charge on any atom is 0.295 e. The molecular weight excluding hydrogens is 462 g/mol. The predicted octanol–water partition coefficient (Wildman–Crippen LogP) is 2.83. The van der Waals surface area contributed by atoms with Gasteiger partial charge < -0.3 is 10.4 Å². The first kappa shape index (κ1) is 17.9. The third kappa shape index (κ3) is 4.03. The molecule has 1 aromatic carbocycles. The Kier molecular flexibility index (Phi) is 5.73. The van der Waals surface area contributed by atoms with Crippen molar-refractivity contribution in [2.75, 3.05) is 18.5 Å². The number of hydrogen-bond donors (Lipinski definition) is 3. The molecule has 10 heteroatoms. The fraction of sp³-hybridized carbons (Fsp3) is 0.133. The summed E-state index contributed by atoms with van der Waals surface area (Å²) in [5, 5.41) is 12.4. The Morgan fingerprint density at radius 2 is 2.24 bits per heavy atom. The molecule has 3 rings (SSSR count). The smallest absolute Gasteiger partial charge is 0.295 e. The number of rotatable bonds is 6. The minimum Gasteiger partial charge on any atom is -0.394 e. The summed E-state index contributed by atoms with van der Waals surface area (Å²) in [6, 6.07) is 4.71. The third-order valence-electron chi connectivity index (χ3n) is 3.16. The molecule has 0 aliphatic carbocycles. The number of carbonyl (C=O) groups is 1. The Balaban J connectivity index is 2.00. The summed E-state index contributed by atoms with van der Waals surface area (Å²) < 4.78 is 19.7. The van der Waals surface area contributed by atoms with E-state index in [0.29, 0.717) is 10.4 Å². The van der Waals surface area contributed by atoms with E-state index in [0.717, 1.165) is 20.5 Å². The van der Waals surface area contributed by atoms with Gasteiger partial charge in [0.15, 0.2) is 5.69 Å². The van der Waals surface area contributed by atoms with Gasteiger partial charge in [-0.25, -0.2) is 14.9 Å². The van der Waals surface area contributed by atoms with E-state index in [2.05, 4.69) is 20.2 Å². The Labute approximate surface area is 159 Å². The number of fused-ring (bicyclic) bond motifs is 1. The number of hydroxylamine groups is 1. The maximum atomic E-state index is 14.2. The number of nitrogens with one attached hydrogen (secondary N) is 2. The molecule has 25 heavy (non-hydrogen) atoms. The molecule has 0 aliphatic heterocycles. The van der Waals surface area contributed by atoms with E-state index in [1.54, 1.807) is 18.3 Å². The molecule has 0 radical (unpaired) electrons. The van der Waals surface area contributed by atoms with Gasteiger partial charge in [0.05, 0.1) is 35.5 Å². The largest absolute Gasteiger partial charge is 0.394 e. The molecule has 2 aromatic heterocycles. The Bertz CT molecular complexity index is 921. The molecule has 0 saturated carbocycles. The minimum absolute atomic E-state index is 0.0349. The minimum atomic E-state index is -0.614. The molecule has 0 atom stereocenters. The molecule has 0 bridgehead atoms. The van der Waals surface area contributed by atoms with Crippen LogP contribution in [0.5, 0.6) is 0 Å². The molecule has 7 nitrogen and oxygen atoms in total. The van der Waals surface area contributed by atoms with E-state index in [-0.39, 0.29) is 24.6 Å². The quantitative estimate of drug-likeness (QED) is 0.289. The highest BCUT2D eigenvalue weighted by Crippen LogP contribution is 2.32. The molecule has 130 valence electrons. The van der Waals surface area contributed by atoms with Gasteiger partial charge in [0.25, 0.3) is 5.91 Å². The van der Waals surface area contributed by atoms with Gasteiger partial charge in [-0.05, 0) is 52.3 Å². The van der Waals surface area contributed by atoms with Crippen LogP contribution in [-0.4, -0.2) is 33.6 Å². The van der Waals surface area contributed by atoms with Crippen molar-refractivity contribution in [3.8, 4) is 0 Å². The molecule has 3 aromatic rings. The number of aliphatic hydroxyl groups excluding tert-OH is 1. The topological polar surface area (TPSA) is 96.4 Å². The van der Waals surface area contributed by atoms with Gasteiger partial charge in [-0.3, -0.25) is 9.63 Å². The molecule has 0 spiro atoms. The van der Waals surface area contributed by atoms with Gasteiger partial charge in [0.1, 0.15) is 5.82 Å². The summed E-state index contributed by atoms with van der Waals surface area (Å²) in [4.78, 5) is 21.3. The number of carbonyl (C=O) groups excluding carboxylic acids is 1. The maximum absolute atomic E-state index is 14.2. The monoisotopic (exact) mass is 474 g/mol. The van der Waals surface area contributed by atoms with Crippen LogP contribution >= 0.6 is 34.1 Å². The summed E-state index contributed by atoms with van der Waals surface area (Å²) in [6.45, 7) is -0.288. The number of halogens is 2. The van der Waals surface area contributed by atoms with Gasteiger partial charge in [-0.2, -0.15) is 4.37 Å². The summed E-state index contributed by atoms with van der Waals surface area (Å²) in [7, 11) is 0. The first-order chi connectivity index (χ1) is 12.1. The summed E-state index contributed by atoms with van der Waals surface area (Å²) >= 11 is 3.18. The number of pyridine rings is 1. The third-order valence-corrected chi connectivity index (χ3v) is 4.66. The normalized spacial score (nSPS) is 10.8. The second-order valence-electron chi connectivity index (χ2n) is 4.84. The Hall–Kier alpha value is -1.89. The van der Waals surface area contributed by atoms with Crippen LogP contribution in [0.4, 0.5) is 15.8 Å². The van der Waals surface area contributed by atoms with Crippen LogP contribution in [0.25, 0.3) is 10.1 Å².